The molecule has 3 N–H and O–H groups in total. The Bertz CT molecular complexity index is 1340. The molecule has 33 heavy (non-hydrogen) atoms. The van der Waals surface area contributed by atoms with E-state index < -0.39 is 17.0 Å². The SMILES string of the molecule is Nc1c(C(=O)CSc2nnc(-c3ccccc3Cl)n2C2CCCC2)c(=O)[nH]c(=O)n1C1CC1. The van der Waals surface area contributed by atoms with Gasteiger partial charge in [0.1, 0.15) is 11.4 Å². The minimum Gasteiger partial charge on any atom is -0.384 e. The molecule has 3 aromatic rings. The molecule has 2 aromatic heterocycles. The Morgan fingerprint density at radius 1 is 1.09 bits per heavy atom. The van der Waals surface area contributed by atoms with E-state index in [0.29, 0.717) is 16.0 Å². The number of nitrogens with one attached hydrogen (secondary N) is 1. The Kier molecular flexibility index (Phi) is 5.88. The summed E-state index contributed by atoms with van der Waals surface area (Å²) >= 11 is 7.64. The van der Waals surface area contributed by atoms with Crippen molar-refractivity contribution in [2.75, 3.05) is 11.5 Å². The van der Waals surface area contributed by atoms with Crippen LogP contribution < -0.4 is 17.0 Å². The number of anilines is 1. The summed E-state index contributed by atoms with van der Waals surface area (Å²) in [5, 5.41) is 9.92. The summed E-state index contributed by atoms with van der Waals surface area (Å²) in [6.45, 7) is 0. The van der Waals surface area contributed by atoms with E-state index >= 15 is 0 Å². The normalized spacial score (nSPS) is 16.4. The number of halogens is 1. The highest BCUT2D eigenvalue weighted by atomic mass is 35.5. The molecule has 0 saturated heterocycles. The van der Waals surface area contributed by atoms with Crippen LogP contribution in [-0.4, -0.2) is 35.9 Å². The number of nitrogens with zero attached hydrogens (tertiary/aromatic N) is 4. The van der Waals surface area contributed by atoms with Gasteiger partial charge in [-0.15, -0.1) is 10.2 Å². The molecule has 11 heteroatoms. The van der Waals surface area contributed by atoms with Crippen LogP contribution in [0.5, 0.6) is 0 Å². The van der Waals surface area contributed by atoms with Crippen LogP contribution in [0.15, 0.2) is 39.0 Å². The molecule has 0 bridgehead atoms. The van der Waals surface area contributed by atoms with Gasteiger partial charge in [-0.1, -0.05) is 48.3 Å². The fraction of sp³-hybridized carbons (Fsp3) is 0.409. The number of benzene rings is 1. The first-order valence-corrected chi connectivity index (χ1v) is 12.3. The monoisotopic (exact) mass is 486 g/mol. The van der Waals surface area contributed by atoms with E-state index in [-0.39, 0.29) is 29.2 Å². The summed E-state index contributed by atoms with van der Waals surface area (Å²) in [6, 6.07) is 7.63. The molecule has 2 saturated carbocycles. The quantitative estimate of drug-likeness (QED) is 0.386. The first-order chi connectivity index (χ1) is 16.0. The molecule has 2 aliphatic carbocycles. The number of carbonyl (C=O) groups excluding carboxylic acids is 1. The number of aromatic amines is 1. The number of hydrogen-bond donors (Lipinski definition) is 2. The van der Waals surface area contributed by atoms with E-state index in [1.54, 1.807) is 0 Å². The van der Waals surface area contributed by atoms with Crippen LogP contribution >= 0.6 is 23.4 Å². The van der Waals surface area contributed by atoms with Crippen molar-refractivity contribution in [1.29, 1.82) is 0 Å². The second-order valence-corrected chi connectivity index (χ2v) is 9.78. The predicted molar refractivity (Wildman–Crippen MR) is 127 cm³/mol. The van der Waals surface area contributed by atoms with E-state index in [4.69, 9.17) is 17.3 Å². The lowest BCUT2D eigenvalue weighted by Gasteiger charge is -2.17. The van der Waals surface area contributed by atoms with Crippen LogP contribution in [0.25, 0.3) is 11.4 Å². The number of Topliss-reactive ketones (excluding diaryl/α,β-unsaturated/α-hetero) is 1. The van der Waals surface area contributed by atoms with E-state index in [0.717, 1.165) is 44.1 Å². The largest absolute Gasteiger partial charge is 0.384 e. The third-order valence-corrected chi connectivity index (χ3v) is 7.45. The molecule has 1 aromatic carbocycles. The molecular weight excluding hydrogens is 464 g/mol. The molecule has 2 heterocycles. The summed E-state index contributed by atoms with van der Waals surface area (Å²) in [7, 11) is 0. The fourth-order valence-corrected chi connectivity index (χ4v) is 5.52. The van der Waals surface area contributed by atoms with Gasteiger partial charge >= 0.3 is 5.69 Å². The summed E-state index contributed by atoms with van der Waals surface area (Å²) in [6.07, 6.45) is 5.82. The van der Waals surface area contributed by atoms with Crippen molar-refractivity contribution in [2.45, 2.75) is 55.8 Å². The van der Waals surface area contributed by atoms with Gasteiger partial charge in [0, 0.05) is 17.6 Å². The van der Waals surface area contributed by atoms with E-state index in [2.05, 4.69) is 19.7 Å². The average Bonchev–Trinajstić information content (AvgIpc) is 3.29. The van der Waals surface area contributed by atoms with E-state index in [9.17, 15) is 14.4 Å². The zero-order valence-electron chi connectivity index (χ0n) is 17.8. The van der Waals surface area contributed by atoms with E-state index in [1.165, 1.54) is 16.3 Å². The van der Waals surface area contributed by atoms with Crippen molar-refractivity contribution < 1.29 is 4.79 Å². The number of aromatic nitrogens is 5. The average molecular weight is 487 g/mol. The number of nitrogens with two attached hydrogens (primary N) is 1. The Labute approximate surface area is 198 Å². The van der Waals surface area contributed by atoms with Crippen LogP contribution in [0.2, 0.25) is 5.02 Å². The lowest BCUT2D eigenvalue weighted by Crippen LogP contribution is -2.36. The molecule has 5 rings (SSSR count). The molecule has 0 atom stereocenters. The molecule has 2 aliphatic rings. The van der Waals surface area contributed by atoms with Crippen molar-refractivity contribution in [3.8, 4) is 11.4 Å². The number of H-pyrrole nitrogens is 1. The minimum absolute atomic E-state index is 0.0521. The molecule has 0 unspecified atom stereocenters. The molecule has 0 amide bonds. The Balaban J connectivity index is 1.46. The first kappa shape index (κ1) is 22.0. The number of carbonyl (C=O) groups is 1. The highest BCUT2D eigenvalue weighted by Gasteiger charge is 2.31. The number of nitrogen functional groups attached to an aromatic ring is 1. The molecular formula is C22H23ClN6O3S. The van der Waals surface area contributed by atoms with Crippen LogP contribution in [0, 0.1) is 0 Å². The van der Waals surface area contributed by atoms with Gasteiger partial charge in [-0.25, -0.2) is 4.79 Å². The third kappa shape index (κ3) is 4.13. The van der Waals surface area contributed by atoms with Gasteiger partial charge in [-0.2, -0.15) is 0 Å². The zero-order chi connectivity index (χ0) is 23.1. The Morgan fingerprint density at radius 3 is 2.48 bits per heavy atom. The summed E-state index contributed by atoms with van der Waals surface area (Å²) < 4.78 is 3.38. The summed E-state index contributed by atoms with van der Waals surface area (Å²) in [5.41, 5.74) is 5.37. The number of hydrogen-bond acceptors (Lipinski definition) is 7. The topological polar surface area (TPSA) is 129 Å². The maximum absolute atomic E-state index is 13.0. The van der Waals surface area contributed by atoms with Gasteiger partial charge in [0.25, 0.3) is 5.56 Å². The number of thioether (sulfide) groups is 1. The van der Waals surface area contributed by atoms with Crippen molar-refractivity contribution >= 4 is 35.0 Å². The summed E-state index contributed by atoms with van der Waals surface area (Å²) in [4.78, 5) is 39.8. The Morgan fingerprint density at radius 2 is 1.79 bits per heavy atom. The fourth-order valence-electron chi connectivity index (χ4n) is 4.43. The molecule has 2 fully saturated rings. The van der Waals surface area contributed by atoms with Crippen molar-refractivity contribution in [2.24, 2.45) is 0 Å². The van der Waals surface area contributed by atoms with Gasteiger partial charge in [0.15, 0.2) is 16.8 Å². The second-order valence-electron chi connectivity index (χ2n) is 8.43. The van der Waals surface area contributed by atoms with Gasteiger partial charge in [-0.05, 0) is 37.8 Å². The van der Waals surface area contributed by atoms with Crippen LogP contribution in [0.3, 0.4) is 0 Å². The smallest absolute Gasteiger partial charge is 0.330 e. The molecule has 0 spiro atoms. The summed E-state index contributed by atoms with van der Waals surface area (Å²) in [5.74, 6) is 0.102. The highest BCUT2D eigenvalue weighted by molar-refractivity contribution is 7.99. The minimum atomic E-state index is -0.756. The van der Waals surface area contributed by atoms with Crippen molar-refractivity contribution in [3.05, 3.63) is 55.7 Å². The van der Waals surface area contributed by atoms with Crippen LogP contribution in [-0.2, 0) is 0 Å². The highest BCUT2D eigenvalue weighted by Crippen LogP contribution is 2.38. The van der Waals surface area contributed by atoms with Gasteiger partial charge in [-0.3, -0.25) is 23.7 Å². The molecule has 0 radical (unpaired) electrons. The molecule has 9 nitrogen and oxygen atoms in total. The lowest BCUT2D eigenvalue weighted by atomic mass is 10.2. The number of rotatable bonds is 7. The maximum Gasteiger partial charge on any atom is 0.330 e. The molecule has 0 aliphatic heterocycles. The molecule has 172 valence electrons. The van der Waals surface area contributed by atoms with Crippen LogP contribution in [0.1, 0.15) is 61.0 Å². The van der Waals surface area contributed by atoms with Crippen LogP contribution in [0.4, 0.5) is 5.82 Å². The first-order valence-electron chi connectivity index (χ1n) is 11.0. The third-order valence-electron chi connectivity index (χ3n) is 6.17. The maximum atomic E-state index is 13.0. The Hall–Kier alpha value is -2.85. The van der Waals surface area contributed by atoms with Crippen molar-refractivity contribution in [3.63, 3.8) is 0 Å². The standard InChI is InChI=1S/C22H23ClN6O3S/c23-15-8-4-3-7-14(15)19-26-27-22(29(19)12-5-1-2-6-12)33-11-16(30)17-18(24)28(13-9-10-13)21(32)25-20(17)31/h3-4,7-8,12-13H,1-2,5-6,9-11,24H2,(H,25,31,32). The number of ketones is 1. The lowest BCUT2D eigenvalue weighted by molar-refractivity contribution is 0.102. The van der Waals surface area contributed by atoms with Gasteiger partial charge < -0.3 is 5.73 Å². The van der Waals surface area contributed by atoms with Gasteiger partial charge in [0.2, 0.25) is 0 Å². The van der Waals surface area contributed by atoms with Gasteiger partial charge in [0.05, 0.1) is 10.8 Å². The predicted octanol–water partition coefficient (Wildman–Crippen LogP) is 3.46. The zero-order valence-corrected chi connectivity index (χ0v) is 19.4. The second kappa shape index (κ2) is 8.83. The van der Waals surface area contributed by atoms with E-state index in [1.807, 2.05) is 24.3 Å². The van der Waals surface area contributed by atoms with Crippen molar-refractivity contribution in [1.82, 2.24) is 24.3 Å².